The van der Waals surface area contributed by atoms with Gasteiger partial charge < -0.3 is 5.73 Å². The highest BCUT2D eigenvalue weighted by molar-refractivity contribution is 6.05. The van der Waals surface area contributed by atoms with Crippen LogP contribution in [0.25, 0.3) is 10.9 Å². The lowest BCUT2D eigenvalue weighted by atomic mass is 9.93. The molecule has 0 saturated carbocycles. The number of anilines is 1. The quantitative estimate of drug-likeness (QED) is 0.731. The van der Waals surface area contributed by atoms with E-state index in [1.54, 1.807) is 0 Å². The lowest BCUT2D eigenvalue weighted by Gasteiger charge is -2.12. The molecule has 2 N–H and O–H groups in total. The van der Waals surface area contributed by atoms with Crippen LogP contribution in [0.2, 0.25) is 0 Å². The summed E-state index contributed by atoms with van der Waals surface area (Å²) in [6, 6.07) is 17.7. The van der Waals surface area contributed by atoms with Crippen LogP contribution >= 0.6 is 0 Å². The number of benzene rings is 2. The zero-order valence-electron chi connectivity index (χ0n) is 12.1. The molecule has 3 nitrogen and oxygen atoms in total. The van der Waals surface area contributed by atoms with E-state index < -0.39 is 0 Å². The number of fused-ring (bicyclic) bond motifs is 2. The Hall–Kier alpha value is -2.68. The van der Waals surface area contributed by atoms with Gasteiger partial charge in [0.05, 0.1) is 11.2 Å². The molecule has 1 atom stereocenters. The van der Waals surface area contributed by atoms with Crippen LogP contribution in [0.1, 0.15) is 34.0 Å². The summed E-state index contributed by atoms with van der Waals surface area (Å²) >= 11 is 0. The van der Waals surface area contributed by atoms with Crippen LogP contribution in [0.5, 0.6) is 0 Å². The molecule has 1 unspecified atom stereocenters. The van der Waals surface area contributed by atoms with Crippen molar-refractivity contribution in [3.05, 3.63) is 71.4 Å². The van der Waals surface area contributed by atoms with E-state index in [4.69, 9.17) is 5.73 Å². The number of aryl methyl sites for hydroxylation is 1. The number of aromatic nitrogens is 1. The summed E-state index contributed by atoms with van der Waals surface area (Å²) in [6.07, 6.45) is 1.78. The zero-order valence-corrected chi connectivity index (χ0v) is 12.1. The van der Waals surface area contributed by atoms with Crippen molar-refractivity contribution >= 4 is 22.4 Å². The minimum atomic E-state index is -0.118. The molecule has 0 saturated heterocycles. The van der Waals surface area contributed by atoms with Crippen LogP contribution in [0.4, 0.5) is 5.69 Å². The molecule has 3 aromatic rings. The Kier molecular flexibility index (Phi) is 2.93. The molecule has 1 aromatic heterocycles. The maximum atomic E-state index is 12.9. The minimum absolute atomic E-state index is 0.0354. The fraction of sp³-hybridized carbons (Fsp3) is 0.158. The molecule has 1 aliphatic carbocycles. The van der Waals surface area contributed by atoms with Gasteiger partial charge in [-0.1, -0.05) is 42.5 Å². The van der Waals surface area contributed by atoms with Gasteiger partial charge in [-0.15, -0.1) is 0 Å². The van der Waals surface area contributed by atoms with E-state index in [2.05, 4.69) is 11.1 Å². The zero-order chi connectivity index (χ0) is 15.1. The molecule has 0 spiro atoms. The number of hydrogen-bond donors (Lipinski definition) is 1. The van der Waals surface area contributed by atoms with Gasteiger partial charge in [-0.2, -0.15) is 0 Å². The molecule has 2 aromatic carbocycles. The molecule has 3 heteroatoms. The van der Waals surface area contributed by atoms with E-state index in [0.29, 0.717) is 11.4 Å². The number of nitrogens with zero attached hydrogens (tertiary/aromatic N) is 1. The number of carbonyl (C=O) groups is 1. The number of rotatable bonds is 2. The average molecular weight is 288 g/mol. The van der Waals surface area contributed by atoms with Crippen LogP contribution < -0.4 is 5.73 Å². The number of nitrogen functional groups attached to an aromatic ring is 1. The number of nitrogens with two attached hydrogens (primary N) is 1. The largest absolute Gasteiger partial charge is 0.397 e. The molecule has 22 heavy (non-hydrogen) atoms. The summed E-state index contributed by atoms with van der Waals surface area (Å²) in [7, 11) is 0. The van der Waals surface area contributed by atoms with E-state index in [-0.39, 0.29) is 11.7 Å². The van der Waals surface area contributed by atoms with Crippen LogP contribution in [-0.2, 0) is 6.42 Å². The van der Waals surface area contributed by atoms with Gasteiger partial charge >= 0.3 is 0 Å². The number of Topliss-reactive ketones (excluding diaryl/α,β-unsaturated/α-hetero) is 1. The third-order valence-corrected chi connectivity index (χ3v) is 4.44. The van der Waals surface area contributed by atoms with Gasteiger partial charge in [0.25, 0.3) is 0 Å². The van der Waals surface area contributed by atoms with Gasteiger partial charge in [0.1, 0.15) is 5.69 Å². The molecule has 0 amide bonds. The summed E-state index contributed by atoms with van der Waals surface area (Å²) in [4.78, 5) is 17.4. The summed E-state index contributed by atoms with van der Waals surface area (Å²) in [5, 5.41) is 0.961. The standard InChI is InChI=1S/C19H16N2O/c20-16-11-13-6-2-4-8-17(13)21-18(16)19(22)15-10-9-12-5-1-3-7-14(12)15/h1-8,11,15H,9-10,20H2. The Balaban J connectivity index is 1.79. The molecule has 0 bridgehead atoms. The molecule has 1 aliphatic rings. The number of pyridine rings is 1. The van der Waals surface area contributed by atoms with Crippen molar-refractivity contribution in [2.75, 3.05) is 5.73 Å². The summed E-state index contributed by atoms with van der Waals surface area (Å²) in [5.41, 5.74) is 10.2. The normalized spacial score (nSPS) is 16.6. The second-order valence-corrected chi connectivity index (χ2v) is 5.77. The van der Waals surface area contributed by atoms with E-state index in [1.807, 2.05) is 48.5 Å². The highest BCUT2D eigenvalue weighted by Crippen LogP contribution is 2.36. The molecule has 4 rings (SSSR count). The first-order valence-electron chi connectivity index (χ1n) is 7.51. The molecular formula is C19H16N2O. The van der Waals surface area contributed by atoms with Crippen LogP contribution in [-0.4, -0.2) is 10.8 Å². The van der Waals surface area contributed by atoms with Crippen molar-refractivity contribution in [2.45, 2.75) is 18.8 Å². The highest BCUT2D eigenvalue weighted by Gasteiger charge is 2.30. The van der Waals surface area contributed by atoms with Crippen LogP contribution in [0.15, 0.2) is 54.6 Å². The van der Waals surface area contributed by atoms with E-state index in [9.17, 15) is 4.79 Å². The Morgan fingerprint density at radius 1 is 1.09 bits per heavy atom. The van der Waals surface area contributed by atoms with Gasteiger partial charge in [0.15, 0.2) is 5.78 Å². The monoisotopic (exact) mass is 288 g/mol. The SMILES string of the molecule is Nc1cc2ccccc2nc1C(=O)C1CCc2ccccc21. The number of carbonyl (C=O) groups excluding carboxylic acids is 1. The lowest BCUT2D eigenvalue weighted by Crippen LogP contribution is -2.14. The van der Waals surface area contributed by atoms with E-state index in [0.717, 1.165) is 29.3 Å². The van der Waals surface area contributed by atoms with Crippen molar-refractivity contribution in [3.63, 3.8) is 0 Å². The Bertz CT molecular complexity index is 885. The second kappa shape index (κ2) is 4.95. The second-order valence-electron chi connectivity index (χ2n) is 5.77. The lowest BCUT2D eigenvalue weighted by molar-refractivity contribution is 0.0956. The molecule has 0 fully saturated rings. The number of ketones is 1. The highest BCUT2D eigenvalue weighted by atomic mass is 16.1. The first-order valence-corrected chi connectivity index (χ1v) is 7.51. The predicted molar refractivity (Wildman–Crippen MR) is 88.0 cm³/mol. The Morgan fingerprint density at radius 2 is 1.86 bits per heavy atom. The van der Waals surface area contributed by atoms with Gasteiger partial charge in [-0.25, -0.2) is 4.98 Å². The maximum absolute atomic E-state index is 12.9. The van der Waals surface area contributed by atoms with Crippen LogP contribution in [0.3, 0.4) is 0 Å². The van der Waals surface area contributed by atoms with Gasteiger partial charge in [0.2, 0.25) is 0 Å². The molecule has 0 radical (unpaired) electrons. The van der Waals surface area contributed by atoms with Crippen molar-refractivity contribution in [1.82, 2.24) is 4.98 Å². The van der Waals surface area contributed by atoms with Gasteiger partial charge in [-0.3, -0.25) is 4.79 Å². The molecule has 0 aliphatic heterocycles. The number of hydrogen-bond acceptors (Lipinski definition) is 3. The maximum Gasteiger partial charge on any atom is 0.190 e. The fourth-order valence-corrected chi connectivity index (χ4v) is 3.32. The minimum Gasteiger partial charge on any atom is -0.397 e. The Morgan fingerprint density at radius 3 is 2.77 bits per heavy atom. The van der Waals surface area contributed by atoms with Crippen molar-refractivity contribution in [2.24, 2.45) is 0 Å². The topological polar surface area (TPSA) is 56.0 Å². The van der Waals surface area contributed by atoms with E-state index in [1.165, 1.54) is 5.56 Å². The van der Waals surface area contributed by atoms with Crippen LogP contribution in [0, 0.1) is 0 Å². The van der Waals surface area contributed by atoms with E-state index >= 15 is 0 Å². The Labute approximate surface area is 128 Å². The average Bonchev–Trinajstić information content (AvgIpc) is 2.97. The molecule has 1 heterocycles. The molecule has 108 valence electrons. The van der Waals surface area contributed by atoms with Crippen molar-refractivity contribution < 1.29 is 4.79 Å². The molecular weight excluding hydrogens is 272 g/mol. The third kappa shape index (κ3) is 1.98. The third-order valence-electron chi connectivity index (χ3n) is 4.44. The smallest absolute Gasteiger partial charge is 0.190 e. The fourth-order valence-electron chi connectivity index (χ4n) is 3.32. The van der Waals surface area contributed by atoms with Crippen molar-refractivity contribution in [3.8, 4) is 0 Å². The summed E-state index contributed by atoms with van der Waals surface area (Å²) in [6.45, 7) is 0. The number of para-hydroxylation sites is 1. The first kappa shape index (κ1) is 13.0. The predicted octanol–water partition coefficient (Wildman–Crippen LogP) is 3.73. The van der Waals surface area contributed by atoms with Gasteiger partial charge in [0, 0.05) is 11.3 Å². The summed E-state index contributed by atoms with van der Waals surface area (Å²) < 4.78 is 0. The first-order chi connectivity index (χ1) is 10.7. The summed E-state index contributed by atoms with van der Waals surface area (Å²) in [5.74, 6) is -0.0830. The van der Waals surface area contributed by atoms with Gasteiger partial charge in [-0.05, 0) is 36.1 Å². The van der Waals surface area contributed by atoms with Crippen molar-refractivity contribution in [1.29, 1.82) is 0 Å².